The molecule has 1 aromatic heterocycles. The molecule has 1 nitrogen and oxygen atoms in total. The highest BCUT2D eigenvalue weighted by atomic mass is 14.7. The van der Waals surface area contributed by atoms with Crippen molar-refractivity contribution in [2.45, 2.75) is 20.8 Å². The van der Waals surface area contributed by atoms with E-state index in [1.807, 2.05) is 0 Å². The Morgan fingerprint density at radius 1 is 1.00 bits per heavy atom. The summed E-state index contributed by atoms with van der Waals surface area (Å²) in [6, 6.07) is 6.51. The molecule has 0 atom stereocenters. The third kappa shape index (κ3) is 1.58. The molecule has 1 aromatic carbocycles. The zero-order chi connectivity index (χ0) is 11.9. The van der Waals surface area contributed by atoms with Gasteiger partial charge in [0.1, 0.15) is 0 Å². The lowest BCUT2D eigenvalue weighted by Gasteiger charge is -2.05. The van der Waals surface area contributed by atoms with E-state index in [1.54, 1.807) is 0 Å². The number of H-pyrrole nitrogens is 1. The van der Waals surface area contributed by atoms with E-state index in [4.69, 9.17) is 0 Å². The Labute approximate surface area is 96.1 Å². The fraction of sp³-hybridized carbons (Fsp3) is 0.200. The van der Waals surface area contributed by atoms with Crippen LogP contribution in [0.4, 0.5) is 0 Å². The van der Waals surface area contributed by atoms with E-state index in [1.165, 1.54) is 22.3 Å². The maximum Gasteiger partial charge on any atom is 0.0383 e. The zero-order valence-electron chi connectivity index (χ0n) is 10.1. The summed E-state index contributed by atoms with van der Waals surface area (Å²) >= 11 is 0. The topological polar surface area (TPSA) is 15.8 Å². The molecule has 82 valence electrons. The molecule has 1 heterocycles. The maximum absolute atomic E-state index is 4.08. The lowest BCUT2D eigenvalue weighted by Crippen LogP contribution is -2.19. The zero-order valence-corrected chi connectivity index (χ0v) is 10.1. The third-order valence-corrected chi connectivity index (χ3v) is 3.18. The van der Waals surface area contributed by atoms with Crippen molar-refractivity contribution in [1.29, 1.82) is 0 Å². The molecule has 16 heavy (non-hydrogen) atoms. The van der Waals surface area contributed by atoms with Crippen LogP contribution in [0.1, 0.15) is 16.8 Å². The summed E-state index contributed by atoms with van der Waals surface area (Å²) in [5.74, 6) is 0. The quantitative estimate of drug-likeness (QED) is 0.745. The second kappa shape index (κ2) is 3.67. The Hall–Kier alpha value is -1.76. The summed E-state index contributed by atoms with van der Waals surface area (Å²) in [6.07, 6.45) is 0. The molecule has 0 saturated carbocycles. The molecule has 1 heteroatoms. The van der Waals surface area contributed by atoms with Gasteiger partial charge in [0.25, 0.3) is 0 Å². The Balaban J connectivity index is 2.72. The molecule has 1 N–H and O–H groups in total. The predicted octanol–water partition coefficient (Wildman–Crippen LogP) is 2.43. The molecule has 0 spiro atoms. The normalized spacial score (nSPS) is 10.7. The van der Waals surface area contributed by atoms with Crippen LogP contribution in [0.5, 0.6) is 0 Å². The van der Waals surface area contributed by atoms with Crippen LogP contribution in [0, 0.1) is 20.8 Å². The first-order valence-electron chi connectivity index (χ1n) is 5.45. The summed E-state index contributed by atoms with van der Waals surface area (Å²) in [5, 5.41) is 1.91. The summed E-state index contributed by atoms with van der Waals surface area (Å²) in [4.78, 5) is 3.23. The van der Waals surface area contributed by atoms with Gasteiger partial charge in [0.15, 0.2) is 0 Å². The molecular weight excluding hydrogens is 194 g/mol. The molecule has 2 rings (SSSR count). The highest BCUT2D eigenvalue weighted by molar-refractivity contribution is 5.68. The number of benzene rings is 1. The van der Waals surface area contributed by atoms with Crippen molar-refractivity contribution in [3.63, 3.8) is 0 Å². The van der Waals surface area contributed by atoms with Gasteiger partial charge >= 0.3 is 0 Å². The highest BCUT2D eigenvalue weighted by Gasteiger charge is 2.06. The van der Waals surface area contributed by atoms with Crippen molar-refractivity contribution in [2.75, 3.05) is 0 Å². The van der Waals surface area contributed by atoms with E-state index in [0.717, 1.165) is 16.3 Å². The predicted molar refractivity (Wildman–Crippen MR) is 70.7 cm³/mol. The summed E-state index contributed by atoms with van der Waals surface area (Å²) in [7, 11) is 0. The first-order chi connectivity index (χ1) is 7.50. The van der Waals surface area contributed by atoms with Crippen molar-refractivity contribution in [3.05, 3.63) is 45.6 Å². The van der Waals surface area contributed by atoms with Gasteiger partial charge in [-0.3, -0.25) is 0 Å². The lowest BCUT2D eigenvalue weighted by molar-refractivity contribution is 1.22. The fourth-order valence-electron chi connectivity index (χ4n) is 2.03. The minimum Gasteiger partial charge on any atom is -0.359 e. The first-order valence-corrected chi connectivity index (χ1v) is 5.45. The van der Waals surface area contributed by atoms with Crippen molar-refractivity contribution in [3.8, 4) is 11.1 Å². The average molecular weight is 211 g/mol. The molecule has 0 aliphatic heterocycles. The lowest BCUT2D eigenvalue weighted by atomic mass is 10.00. The minimum atomic E-state index is 0.908. The largest absolute Gasteiger partial charge is 0.359 e. The highest BCUT2D eigenvalue weighted by Crippen LogP contribution is 2.20. The molecule has 0 saturated heterocycles. The second-order valence-corrected chi connectivity index (χ2v) is 4.38. The number of hydrogen-bond acceptors (Lipinski definition) is 0. The van der Waals surface area contributed by atoms with E-state index in [0.29, 0.717) is 0 Å². The van der Waals surface area contributed by atoms with Crippen molar-refractivity contribution in [1.82, 2.24) is 4.98 Å². The Kier molecular flexibility index (Phi) is 2.47. The van der Waals surface area contributed by atoms with E-state index in [2.05, 4.69) is 57.1 Å². The van der Waals surface area contributed by atoms with Gasteiger partial charge in [-0.2, -0.15) is 0 Å². The average Bonchev–Trinajstić information content (AvgIpc) is 2.47. The van der Waals surface area contributed by atoms with E-state index >= 15 is 0 Å². The van der Waals surface area contributed by atoms with E-state index < -0.39 is 0 Å². The number of nitrogens with one attached hydrogen (secondary N) is 1. The van der Waals surface area contributed by atoms with Crippen LogP contribution in [0.15, 0.2) is 18.2 Å². The molecular formula is C15H17N. The summed E-state index contributed by atoms with van der Waals surface area (Å²) in [6.45, 7) is 14.3. The smallest absolute Gasteiger partial charge is 0.0383 e. The van der Waals surface area contributed by atoms with Gasteiger partial charge in [0.05, 0.1) is 0 Å². The molecule has 0 radical (unpaired) electrons. The van der Waals surface area contributed by atoms with Gasteiger partial charge in [0.2, 0.25) is 0 Å². The minimum absolute atomic E-state index is 0.908. The van der Waals surface area contributed by atoms with Crippen molar-refractivity contribution in [2.24, 2.45) is 0 Å². The van der Waals surface area contributed by atoms with Crippen LogP contribution in [0.2, 0.25) is 0 Å². The van der Waals surface area contributed by atoms with Crippen LogP contribution in [0.3, 0.4) is 0 Å². The number of aromatic amines is 1. The summed E-state index contributed by atoms with van der Waals surface area (Å²) in [5.41, 5.74) is 6.17. The Morgan fingerprint density at radius 3 is 2.19 bits per heavy atom. The molecule has 0 aliphatic carbocycles. The maximum atomic E-state index is 4.08. The van der Waals surface area contributed by atoms with Crippen LogP contribution in [0.25, 0.3) is 24.3 Å². The molecule has 0 aliphatic rings. The van der Waals surface area contributed by atoms with Crippen LogP contribution in [-0.2, 0) is 0 Å². The number of aryl methyl sites for hydroxylation is 3. The Morgan fingerprint density at radius 2 is 1.69 bits per heavy atom. The van der Waals surface area contributed by atoms with Gasteiger partial charge in [0, 0.05) is 16.6 Å². The number of aromatic nitrogens is 1. The fourth-order valence-corrected chi connectivity index (χ4v) is 2.03. The number of hydrogen-bond donors (Lipinski definition) is 1. The number of rotatable bonds is 1. The van der Waals surface area contributed by atoms with Gasteiger partial charge in [-0.05, 0) is 42.7 Å². The van der Waals surface area contributed by atoms with E-state index in [9.17, 15) is 0 Å². The molecule has 0 amide bonds. The first kappa shape index (κ1) is 10.7. The standard InChI is InChI=1S/C15H17N/c1-9-6-7-14(8-10(9)2)15-11(3)12(4)16-13(15)5/h6-8,16H,3-4H2,1-2,5H3. The Bertz CT molecular complexity index is 632. The van der Waals surface area contributed by atoms with Crippen LogP contribution >= 0.6 is 0 Å². The van der Waals surface area contributed by atoms with Crippen LogP contribution in [-0.4, -0.2) is 4.98 Å². The van der Waals surface area contributed by atoms with Gasteiger partial charge < -0.3 is 4.98 Å². The van der Waals surface area contributed by atoms with Gasteiger partial charge in [-0.25, -0.2) is 0 Å². The van der Waals surface area contributed by atoms with Crippen LogP contribution < -0.4 is 10.6 Å². The van der Waals surface area contributed by atoms with Gasteiger partial charge in [-0.15, -0.1) is 0 Å². The monoisotopic (exact) mass is 211 g/mol. The molecule has 0 fully saturated rings. The van der Waals surface area contributed by atoms with Crippen molar-refractivity contribution >= 4 is 13.2 Å². The SMILES string of the molecule is C=c1[nH]c(C)c(-c2ccc(C)c(C)c2)c1=C. The molecule has 0 unspecified atom stereocenters. The summed E-state index contributed by atoms with van der Waals surface area (Å²) < 4.78 is 0. The van der Waals surface area contributed by atoms with Gasteiger partial charge in [-0.1, -0.05) is 31.4 Å². The molecule has 2 aromatic rings. The van der Waals surface area contributed by atoms with Crippen molar-refractivity contribution < 1.29 is 0 Å². The van der Waals surface area contributed by atoms with E-state index in [-0.39, 0.29) is 0 Å². The second-order valence-electron chi connectivity index (χ2n) is 4.38. The molecule has 0 bridgehead atoms. The third-order valence-electron chi connectivity index (χ3n) is 3.18.